The van der Waals surface area contributed by atoms with Crippen LogP contribution in [0.15, 0.2) is 29.2 Å². The maximum absolute atomic E-state index is 13.6. The Kier molecular flexibility index (Phi) is 6.43. The van der Waals surface area contributed by atoms with Gasteiger partial charge in [0.25, 0.3) is 0 Å². The largest absolute Gasteiger partial charge is 0.311 e. The Bertz CT molecular complexity index is 1200. The Labute approximate surface area is 188 Å². The van der Waals surface area contributed by atoms with Crippen molar-refractivity contribution >= 4 is 10.0 Å². The second kappa shape index (κ2) is 9.11. The number of aromatic nitrogens is 5. The highest BCUT2D eigenvalue weighted by Gasteiger charge is 2.31. The highest BCUT2D eigenvalue weighted by Crippen LogP contribution is 2.25. The third-order valence-electron chi connectivity index (χ3n) is 6.09. The molecule has 0 fully saturated rings. The summed E-state index contributed by atoms with van der Waals surface area (Å²) in [6, 6.07) is 6.22. The molecule has 4 rings (SSSR count). The average molecular weight is 461 g/mol. The minimum Gasteiger partial charge on any atom is -0.311 e. The van der Waals surface area contributed by atoms with Crippen LogP contribution in [0.3, 0.4) is 0 Å². The summed E-state index contributed by atoms with van der Waals surface area (Å²) in [7, 11) is -1.93. The van der Waals surface area contributed by atoms with E-state index in [2.05, 4.69) is 15.3 Å². The molecule has 0 saturated carbocycles. The van der Waals surface area contributed by atoms with Gasteiger partial charge in [-0.05, 0) is 51.0 Å². The average Bonchev–Trinajstić information content (AvgIpc) is 3.25. The molecule has 0 spiro atoms. The van der Waals surface area contributed by atoms with Crippen molar-refractivity contribution in [1.82, 2.24) is 28.9 Å². The molecule has 1 aliphatic heterocycles. The predicted octanol–water partition coefficient (Wildman–Crippen LogP) is 3.24. The topological polar surface area (TPSA) is 85.9 Å². The molecule has 0 saturated heterocycles. The van der Waals surface area contributed by atoms with Crippen LogP contribution >= 0.6 is 0 Å². The van der Waals surface area contributed by atoms with E-state index in [-0.39, 0.29) is 5.82 Å². The van der Waals surface area contributed by atoms with Gasteiger partial charge in [0.2, 0.25) is 10.0 Å². The first kappa shape index (κ1) is 22.6. The van der Waals surface area contributed by atoms with E-state index in [0.717, 1.165) is 43.6 Å². The van der Waals surface area contributed by atoms with E-state index >= 15 is 0 Å². The standard InChI is InChI=1S/C22H29FN6O2S/c1-16-21(17(2)27(3)26-16)32(30,31)28-13-6-4-5-7-14-29-20(12-15-28)24-25-22(29)18-8-10-19(23)11-9-18/h8-11H,4-7,12-15H2,1-3H3. The summed E-state index contributed by atoms with van der Waals surface area (Å²) >= 11 is 0. The summed E-state index contributed by atoms with van der Waals surface area (Å²) in [6.45, 7) is 5.05. The Morgan fingerprint density at radius 3 is 2.28 bits per heavy atom. The third kappa shape index (κ3) is 4.33. The zero-order valence-electron chi connectivity index (χ0n) is 18.8. The zero-order valence-corrected chi connectivity index (χ0v) is 19.6. The lowest BCUT2D eigenvalue weighted by Gasteiger charge is -2.22. The van der Waals surface area contributed by atoms with E-state index in [4.69, 9.17) is 0 Å². The van der Waals surface area contributed by atoms with E-state index < -0.39 is 10.0 Å². The van der Waals surface area contributed by atoms with Crippen LogP contribution in [0.4, 0.5) is 4.39 Å². The molecular formula is C22H29FN6O2S. The van der Waals surface area contributed by atoms with E-state index in [0.29, 0.717) is 41.6 Å². The van der Waals surface area contributed by atoms with Crippen molar-refractivity contribution in [1.29, 1.82) is 0 Å². The maximum atomic E-state index is 13.6. The number of halogens is 1. The second-order valence-electron chi connectivity index (χ2n) is 8.29. The van der Waals surface area contributed by atoms with Crippen LogP contribution < -0.4 is 0 Å². The van der Waals surface area contributed by atoms with Crippen LogP contribution in [0.1, 0.15) is 42.9 Å². The minimum atomic E-state index is -3.68. The number of sulfonamides is 1. The van der Waals surface area contributed by atoms with Crippen molar-refractivity contribution in [2.75, 3.05) is 13.1 Å². The van der Waals surface area contributed by atoms with Gasteiger partial charge < -0.3 is 4.57 Å². The maximum Gasteiger partial charge on any atom is 0.246 e. The first-order valence-corrected chi connectivity index (χ1v) is 12.4. The number of nitrogens with zero attached hydrogens (tertiary/aromatic N) is 6. The Morgan fingerprint density at radius 2 is 1.62 bits per heavy atom. The minimum absolute atomic E-state index is 0.295. The molecular weight excluding hydrogens is 431 g/mol. The fourth-order valence-electron chi connectivity index (χ4n) is 4.31. The van der Waals surface area contributed by atoms with Gasteiger partial charge in [-0.3, -0.25) is 4.68 Å². The van der Waals surface area contributed by atoms with Gasteiger partial charge in [0.15, 0.2) is 5.82 Å². The van der Waals surface area contributed by atoms with Crippen molar-refractivity contribution in [3.63, 3.8) is 0 Å². The molecule has 1 aliphatic rings. The molecule has 172 valence electrons. The molecule has 3 heterocycles. The van der Waals surface area contributed by atoms with Crippen LogP contribution in [0.2, 0.25) is 0 Å². The molecule has 0 N–H and O–H groups in total. The monoisotopic (exact) mass is 460 g/mol. The lowest BCUT2D eigenvalue weighted by molar-refractivity contribution is 0.399. The van der Waals surface area contributed by atoms with Crippen molar-refractivity contribution in [3.8, 4) is 11.4 Å². The summed E-state index contributed by atoms with van der Waals surface area (Å²) in [4.78, 5) is 0.295. The van der Waals surface area contributed by atoms with Gasteiger partial charge >= 0.3 is 0 Å². The van der Waals surface area contributed by atoms with Gasteiger partial charge in [0.05, 0.1) is 11.4 Å². The number of hydrogen-bond acceptors (Lipinski definition) is 5. The molecule has 32 heavy (non-hydrogen) atoms. The molecule has 10 heteroatoms. The highest BCUT2D eigenvalue weighted by molar-refractivity contribution is 7.89. The SMILES string of the molecule is Cc1nn(C)c(C)c1S(=O)(=O)N1CCCCCCn2c(nnc2-c2ccc(F)cc2)CC1. The number of aryl methyl sites for hydroxylation is 2. The molecule has 8 nitrogen and oxygen atoms in total. The quantitative estimate of drug-likeness (QED) is 0.599. The van der Waals surface area contributed by atoms with Crippen molar-refractivity contribution in [3.05, 3.63) is 47.3 Å². The Balaban J connectivity index is 1.66. The molecule has 2 aromatic heterocycles. The number of rotatable bonds is 3. The normalized spacial score (nSPS) is 16.5. The molecule has 0 amide bonds. The number of hydrogen-bond donors (Lipinski definition) is 0. The molecule has 0 unspecified atom stereocenters. The van der Waals surface area contributed by atoms with Gasteiger partial charge in [-0.2, -0.15) is 9.40 Å². The van der Waals surface area contributed by atoms with Crippen molar-refractivity contribution in [2.24, 2.45) is 7.05 Å². The van der Waals surface area contributed by atoms with Crippen LogP contribution in [-0.2, 0) is 30.0 Å². The fraction of sp³-hybridized carbons (Fsp3) is 0.500. The molecule has 3 aromatic rings. The van der Waals surface area contributed by atoms with E-state index in [1.807, 2.05) is 4.57 Å². The van der Waals surface area contributed by atoms with Crippen LogP contribution in [0.5, 0.6) is 0 Å². The van der Waals surface area contributed by atoms with Crippen LogP contribution in [-0.4, -0.2) is 50.4 Å². The van der Waals surface area contributed by atoms with Crippen molar-refractivity contribution < 1.29 is 12.8 Å². The molecule has 0 aliphatic carbocycles. The number of fused-ring (bicyclic) bond motifs is 1. The Hall–Kier alpha value is -2.59. The first-order valence-electron chi connectivity index (χ1n) is 11.0. The van der Waals surface area contributed by atoms with Crippen LogP contribution in [0, 0.1) is 19.7 Å². The van der Waals surface area contributed by atoms with Crippen molar-refractivity contribution in [2.45, 2.75) is 57.4 Å². The summed E-state index contributed by atoms with van der Waals surface area (Å²) < 4.78 is 45.7. The van der Waals surface area contributed by atoms with E-state index in [1.165, 1.54) is 12.1 Å². The van der Waals surface area contributed by atoms with E-state index in [1.54, 1.807) is 42.0 Å². The van der Waals surface area contributed by atoms with Crippen LogP contribution in [0.25, 0.3) is 11.4 Å². The lowest BCUT2D eigenvalue weighted by atomic mass is 10.2. The summed E-state index contributed by atoms with van der Waals surface area (Å²) in [5.74, 6) is 1.13. The second-order valence-corrected chi connectivity index (χ2v) is 10.2. The van der Waals surface area contributed by atoms with Gasteiger partial charge in [0, 0.05) is 38.7 Å². The predicted molar refractivity (Wildman–Crippen MR) is 119 cm³/mol. The number of benzene rings is 1. The smallest absolute Gasteiger partial charge is 0.246 e. The Morgan fingerprint density at radius 1 is 0.938 bits per heavy atom. The molecule has 1 aromatic carbocycles. The molecule has 0 bridgehead atoms. The summed E-state index contributed by atoms with van der Waals surface area (Å²) in [6.07, 6.45) is 4.14. The molecule has 0 atom stereocenters. The molecule has 0 radical (unpaired) electrons. The highest BCUT2D eigenvalue weighted by atomic mass is 32.2. The van der Waals surface area contributed by atoms with E-state index in [9.17, 15) is 12.8 Å². The van der Waals surface area contributed by atoms with Gasteiger partial charge in [-0.15, -0.1) is 10.2 Å². The summed E-state index contributed by atoms with van der Waals surface area (Å²) in [5.41, 5.74) is 1.95. The van der Waals surface area contributed by atoms with Gasteiger partial charge in [-0.1, -0.05) is 12.8 Å². The lowest BCUT2D eigenvalue weighted by Crippen LogP contribution is -2.35. The summed E-state index contributed by atoms with van der Waals surface area (Å²) in [5, 5.41) is 13.0. The van der Waals surface area contributed by atoms with Gasteiger partial charge in [-0.25, -0.2) is 12.8 Å². The van der Waals surface area contributed by atoms with Gasteiger partial charge in [0.1, 0.15) is 16.5 Å². The fourth-order valence-corrected chi connectivity index (χ4v) is 6.19. The first-order chi connectivity index (χ1) is 15.3. The zero-order chi connectivity index (χ0) is 22.9. The third-order valence-corrected chi connectivity index (χ3v) is 8.25.